The van der Waals surface area contributed by atoms with Gasteiger partial charge in [-0.05, 0) is 35.9 Å². The summed E-state index contributed by atoms with van der Waals surface area (Å²) in [5, 5.41) is 18.0. The van der Waals surface area contributed by atoms with Crippen molar-refractivity contribution in [2.24, 2.45) is 0 Å². The van der Waals surface area contributed by atoms with Crippen LogP contribution in [0.3, 0.4) is 0 Å². The second kappa shape index (κ2) is 4.70. The fraction of sp³-hybridized carbons (Fsp3) is 0.0909. The van der Waals surface area contributed by atoms with Gasteiger partial charge in [-0.15, -0.1) is 11.3 Å². The first-order chi connectivity index (χ1) is 7.70. The molecule has 0 spiro atoms. The molecule has 1 aromatic heterocycles. The van der Waals surface area contributed by atoms with Crippen molar-refractivity contribution in [2.75, 3.05) is 7.11 Å². The molecule has 0 aliphatic carbocycles. The quantitative estimate of drug-likeness (QED) is 0.782. The van der Waals surface area contributed by atoms with Crippen LogP contribution in [0.25, 0.3) is 10.4 Å². The van der Waals surface area contributed by atoms with E-state index in [1.807, 2.05) is 30.3 Å². The molecule has 0 saturated heterocycles. The first-order valence-corrected chi connectivity index (χ1v) is 5.62. The molecule has 0 atom stereocenters. The fourth-order valence-electron chi connectivity index (χ4n) is 1.40. The van der Waals surface area contributed by atoms with Crippen LogP contribution in [0, 0.1) is 0 Å². The first-order valence-electron chi connectivity index (χ1n) is 4.81. The fourth-order valence-corrected chi connectivity index (χ4v) is 2.29. The number of ether oxygens (including phenoxy) is 1. The first kappa shape index (κ1) is 11.2. The molecule has 1 aromatic carbocycles. The number of hydrogen-bond donors (Lipinski definition) is 2. The summed E-state index contributed by atoms with van der Waals surface area (Å²) in [6.07, 6.45) is 0. The normalized spacial score (nSPS) is 10.2. The van der Waals surface area contributed by atoms with Crippen molar-refractivity contribution >= 4 is 23.2 Å². The molecule has 1 heterocycles. The van der Waals surface area contributed by atoms with Gasteiger partial charge in [0.15, 0.2) is 0 Å². The van der Waals surface area contributed by atoms with Crippen LogP contribution in [-0.4, -0.2) is 24.3 Å². The molecule has 0 saturated carbocycles. The van der Waals surface area contributed by atoms with E-state index in [1.54, 1.807) is 13.2 Å². The molecule has 5 heteroatoms. The zero-order chi connectivity index (χ0) is 11.5. The van der Waals surface area contributed by atoms with E-state index in [9.17, 15) is 0 Å². The van der Waals surface area contributed by atoms with Crippen LogP contribution in [0.4, 0.5) is 0 Å². The SMILES string of the molecule is COc1ccc(-c2ccc(B(O)O)s2)cc1. The van der Waals surface area contributed by atoms with Crippen LogP contribution in [-0.2, 0) is 0 Å². The minimum absolute atomic E-state index is 0.547. The van der Waals surface area contributed by atoms with E-state index in [-0.39, 0.29) is 0 Å². The number of benzene rings is 1. The van der Waals surface area contributed by atoms with E-state index in [4.69, 9.17) is 14.8 Å². The van der Waals surface area contributed by atoms with E-state index in [0.717, 1.165) is 16.2 Å². The highest BCUT2D eigenvalue weighted by molar-refractivity contribution is 7.24. The van der Waals surface area contributed by atoms with Crippen LogP contribution in [0.1, 0.15) is 0 Å². The molecule has 0 radical (unpaired) electrons. The van der Waals surface area contributed by atoms with E-state index < -0.39 is 7.12 Å². The summed E-state index contributed by atoms with van der Waals surface area (Å²) >= 11 is 1.37. The predicted molar refractivity (Wildman–Crippen MR) is 66.1 cm³/mol. The summed E-state index contributed by atoms with van der Waals surface area (Å²) in [6, 6.07) is 11.2. The van der Waals surface area contributed by atoms with Crippen molar-refractivity contribution in [3.05, 3.63) is 36.4 Å². The van der Waals surface area contributed by atoms with Gasteiger partial charge < -0.3 is 14.8 Å². The minimum Gasteiger partial charge on any atom is -0.497 e. The Morgan fingerprint density at radius 1 is 1.06 bits per heavy atom. The Hall–Kier alpha value is -1.30. The van der Waals surface area contributed by atoms with Crippen LogP contribution in [0.15, 0.2) is 36.4 Å². The van der Waals surface area contributed by atoms with Gasteiger partial charge in [-0.25, -0.2) is 0 Å². The van der Waals surface area contributed by atoms with Gasteiger partial charge in [0.25, 0.3) is 0 Å². The molecule has 0 unspecified atom stereocenters. The largest absolute Gasteiger partial charge is 0.499 e. The van der Waals surface area contributed by atoms with Gasteiger partial charge in [0.1, 0.15) is 5.75 Å². The Morgan fingerprint density at radius 2 is 1.75 bits per heavy atom. The monoisotopic (exact) mass is 234 g/mol. The highest BCUT2D eigenvalue weighted by Crippen LogP contribution is 2.25. The number of rotatable bonds is 3. The minimum atomic E-state index is -1.39. The van der Waals surface area contributed by atoms with Crippen LogP contribution in [0.5, 0.6) is 5.75 Å². The Kier molecular flexibility index (Phi) is 3.29. The Balaban J connectivity index is 2.28. The van der Waals surface area contributed by atoms with Crippen LogP contribution < -0.4 is 9.51 Å². The molecule has 0 aliphatic rings. The average molecular weight is 234 g/mol. The van der Waals surface area contributed by atoms with Crippen molar-refractivity contribution < 1.29 is 14.8 Å². The van der Waals surface area contributed by atoms with Gasteiger partial charge in [0, 0.05) is 9.65 Å². The molecule has 2 aromatic rings. The zero-order valence-electron chi connectivity index (χ0n) is 8.75. The standard InChI is InChI=1S/C11H11BO3S/c1-15-9-4-2-8(3-5-9)10-6-7-11(16-10)12(13)14/h2-7,13-14H,1H3. The third kappa shape index (κ3) is 2.27. The summed E-state index contributed by atoms with van der Waals surface area (Å²) in [6.45, 7) is 0. The van der Waals surface area contributed by atoms with Crippen molar-refractivity contribution in [1.82, 2.24) is 0 Å². The lowest BCUT2D eigenvalue weighted by Crippen LogP contribution is -2.26. The van der Waals surface area contributed by atoms with E-state index in [2.05, 4.69) is 0 Å². The summed E-state index contributed by atoms with van der Waals surface area (Å²) < 4.78 is 5.62. The third-order valence-electron chi connectivity index (χ3n) is 2.26. The molecule has 0 amide bonds. The number of methoxy groups -OCH3 is 1. The van der Waals surface area contributed by atoms with Gasteiger partial charge in [0.2, 0.25) is 0 Å². The smallest absolute Gasteiger partial charge is 0.497 e. The molecule has 2 N–H and O–H groups in total. The molecule has 16 heavy (non-hydrogen) atoms. The second-order valence-electron chi connectivity index (χ2n) is 3.30. The van der Waals surface area contributed by atoms with Crippen molar-refractivity contribution in [3.8, 4) is 16.2 Å². The van der Waals surface area contributed by atoms with Crippen LogP contribution in [0.2, 0.25) is 0 Å². The van der Waals surface area contributed by atoms with Gasteiger partial charge in [-0.1, -0.05) is 6.07 Å². The van der Waals surface area contributed by atoms with Gasteiger partial charge >= 0.3 is 7.12 Å². The molecule has 0 fully saturated rings. The maximum Gasteiger partial charge on any atom is 0.499 e. The summed E-state index contributed by atoms with van der Waals surface area (Å²) in [7, 11) is 0.234. The Morgan fingerprint density at radius 3 is 2.25 bits per heavy atom. The number of hydrogen-bond acceptors (Lipinski definition) is 4. The third-order valence-corrected chi connectivity index (χ3v) is 3.43. The molecule has 0 bridgehead atoms. The predicted octanol–water partition coefficient (Wildman–Crippen LogP) is 1.10. The van der Waals surface area contributed by atoms with E-state index in [1.165, 1.54) is 11.3 Å². The highest BCUT2D eigenvalue weighted by Gasteiger charge is 2.14. The highest BCUT2D eigenvalue weighted by atomic mass is 32.1. The van der Waals surface area contributed by atoms with E-state index in [0.29, 0.717) is 4.78 Å². The molecule has 82 valence electrons. The lowest BCUT2D eigenvalue weighted by atomic mass is 9.90. The topological polar surface area (TPSA) is 49.7 Å². The Labute approximate surface area is 98.1 Å². The van der Waals surface area contributed by atoms with Gasteiger partial charge in [-0.2, -0.15) is 0 Å². The second-order valence-corrected chi connectivity index (χ2v) is 4.42. The van der Waals surface area contributed by atoms with E-state index >= 15 is 0 Å². The van der Waals surface area contributed by atoms with Gasteiger partial charge in [-0.3, -0.25) is 0 Å². The summed E-state index contributed by atoms with van der Waals surface area (Å²) in [4.78, 5) is 1.01. The molecular weight excluding hydrogens is 223 g/mol. The zero-order valence-corrected chi connectivity index (χ0v) is 9.57. The average Bonchev–Trinajstić information content (AvgIpc) is 2.78. The van der Waals surface area contributed by atoms with Crippen molar-refractivity contribution in [1.29, 1.82) is 0 Å². The molecule has 3 nitrogen and oxygen atoms in total. The van der Waals surface area contributed by atoms with Crippen LogP contribution >= 0.6 is 11.3 Å². The molecular formula is C11H11BO3S. The summed E-state index contributed by atoms with van der Waals surface area (Å²) in [5.41, 5.74) is 1.04. The lowest BCUT2D eigenvalue weighted by Gasteiger charge is -2.00. The van der Waals surface area contributed by atoms with Crippen molar-refractivity contribution in [2.45, 2.75) is 0 Å². The number of thiophene rings is 1. The molecule has 0 aliphatic heterocycles. The summed E-state index contributed by atoms with van der Waals surface area (Å²) in [5.74, 6) is 0.808. The van der Waals surface area contributed by atoms with Gasteiger partial charge in [0.05, 0.1) is 7.11 Å². The maximum atomic E-state index is 9.01. The van der Waals surface area contributed by atoms with Crippen molar-refractivity contribution in [3.63, 3.8) is 0 Å². The Bertz CT molecular complexity index is 464. The lowest BCUT2D eigenvalue weighted by molar-refractivity contribution is 0.415. The molecule has 2 rings (SSSR count). The maximum absolute atomic E-state index is 9.01.